The van der Waals surface area contributed by atoms with E-state index in [4.69, 9.17) is 0 Å². The van der Waals surface area contributed by atoms with E-state index in [1.54, 1.807) is 0 Å². The third-order valence-corrected chi connectivity index (χ3v) is 0. The van der Waals surface area contributed by atoms with Crippen molar-refractivity contribution in [2.45, 2.75) is 0 Å². The average Bonchev–Trinajstić information content (AvgIpc) is 0. The third kappa shape index (κ3) is 1000000. The second kappa shape index (κ2) is 1210000. The van der Waals surface area contributed by atoms with Crippen molar-refractivity contribution in [1.82, 2.24) is 0 Å². The first-order chi connectivity index (χ1) is 0. The maximum absolute atomic E-state index is 0. The molecule has 0 radical (unpaired) electrons. The largest absolute Gasteiger partial charge is 5.00 e. The minimum absolute atomic E-state index is 0. The van der Waals surface area contributed by atoms with Crippen LogP contribution in [0, 0.1) is 0 Å². The van der Waals surface area contributed by atoms with E-state index in [9.17, 15) is 0 Å². The van der Waals surface area contributed by atoms with E-state index in [0.717, 1.165) is 0 Å². The molecule has 0 unspecified atom stereocenters. The molecule has 0 rings (SSSR count). The Morgan fingerprint density at radius 3 is 0.111 bits per heavy atom. The van der Waals surface area contributed by atoms with Gasteiger partial charge in [0.1, 0.15) is 0 Å². The van der Waals surface area contributed by atoms with Gasteiger partial charge in [-0.1, -0.05) is 0 Å². The standard InChI is InChI=1S/Nb.17H2O/h;17*1H2/q+5;;;;;;;;;;;;;;;;;. The summed E-state index contributed by atoms with van der Waals surface area (Å²) < 4.78 is 0. The number of rotatable bonds is 0. The van der Waals surface area contributed by atoms with Crippen LogP contribution in [0.5, 0.6) is 0 Å². The molecular weight excluding hydrogens is 365 g/mol. The van der Waals surface area contributed by atoms with Crippen LogP contribution in [0.4, 0.5) is 0 Å². The van der Waals surface area contributed by atoms with Crippen molar-refractivity contribution in [1.29, 1.82) is 0 Å². The monoisotopic (exact) mass is 399 g/mol. The molecule has 0 spiro atoms. The molecule has 0 saturated carbocycles. The number of hydrogen-bond acceptors (Lipinski definition) is 0. The Hall–Kier alpha value is 0.0603. The van der Waals surface area contributed by atoms with Gasteiger partial charge < -0.3 is 93.1 Å². The van der Waals surface area contributed by atoms with Crippen molar-refractivity contribution in [3.63, 3.8) is 0 Å². The summed E-state index contributed by atoms with van der Waals surface area (Å²) in [4.78, 5) is 0. The van der Waals surface area contributed by atoms with Gasteiger partial charge in [0.15, 0.2) is 0 Å². The van der Waals surface area contributed by atoms with Crippen LogP contribution in [0.15, 0.2) is 0 Å². The molecule has 34 N–H and O–H groups in total. The summed E-state index contributed by atoms with van der Waals surface area (Å²) in [6.07, 6.45) is 0. The van der Waals surface area contributed by atoms with Crippen molar-refractivity contribution < 1.29 is 115 Å². The quantitative estimate of drug-likeness (QED) is 0.342. The van der Waals surface area contributed by atoms with Gasteiger partial charge in [-0.3, -0.25) is 0 Å². The zero-order valence-corrected chi connectivity index (χ0v) is 11.1. The summed E-state index contributed by atoms with van der Waals surface area (Å²) in [5.74, 6) is 0. The molecule has 0 heterocycles. The van der Waals surface area contributed by atoms with E-state index in [2.05, 4.69) is 0 Å². The Kier molecular flexibility index (Phi) is 97500000000. The van der Waals surface area contributed by atoms with E-state index < -0.39 is 0 Å². The summed E-state index contributed by atoms with van der Waals surface area (Å²) in [7, 11) is 0. The van der Waals surface area contributed by atoms with Crippen molar-refractivity contribution in [3.05, 3.63) is 0 Å². The van der Waals surface area contributed by atoms with Crippen LogP contribution in [0.2, 0.25) is 0 Å². The minimum Gasteiger partial charge on any atom is -0.412 e. The Morgan fingerprint density at radius 1 is 0.111 bits per heavy atom. The van der Waals surface area contributed by atoms with Gasteiger partial charge in [0.05, 0.1) is 0 Å². The second-order valence-corrected chi connectivity index (χ2v) is 0. The SMILES string of the molecule is O.O.O.O.O.O.O.O.O.O.O.O.O.O.O.O.O.[Nb+5]. The summed E-state index contributed by atoms with van der Waals surface area (Å²) in [5.41, 5.74) is 0. The predicted octanol–water partition coefficient (Wildman–Crippen LogP) is -14.0. The zero-order valence-electron chi connectivity index (χ0n) is 8.95. The number of hydrogen-bond donors (Lipinski definition) is 0. The molecule has 136 valence electrons. The second-order valence-electron chi connectivity index (χ2n) is 0. The van der Waals surface area contributed by atoms with Gasteiger partial charge in [0.25, 0.3) is 0 Å². The van der Waals surface area contributed by atoms with Crippen LogP contribution < -0.4 is 0 Å². The normalized spacial score (nSPS) is 0. The Bertz CT molecular complexity index is 5.57. The van der Waals surface area contributed by atoms with Crippen LogP contribution in [0.25, 0.3) is 0 Å². The molecule has 0 fully saturated rings. The van der Waals surface area contributed by atoms with Gasteiger partial charge in [0.2, 0.25) is 0 Å². The van der Waals surface area contributed by atoms with E-state index >= 15 is 0 Å². The van der Waals surface area contributed by atoms with Gasteiger partial charge >= 0.3 is 22.4 Å². The molecule has 0 aromatic heterocycles. The van der Waals surface area contributed by atoms with Gasteiger partial charge in [-0.15, -0.1) is 0 Å². The van der Waals surface area contributed by atoms with Gasteiger partial charge in [-0.25, -0.2) is 0 Å². The van der Waals surface area contributed by atoms with Gasteiger partial charge in [-0.05, 0) is 0 Å². The van der Waals surface area contributed by atoms with Crippen LogP contribution in [0.3, 0.4) is 0 Å². The van der Waals surface area contributed by atoms with Crippen molar-refractivity contribution in [3.8, 4) is 0 Å². The fourth-order valence-corrected chi connectivity index (χ4v) is 0. The fourth-order valence-electron chi connectivity index (χ4n) is 0. The molecule has 0 bridgehead atoms. The maximum atomic E-state index is 0. The molecular formula is H34NbO17+5. The molecule has 17 nitrogen and oxygen atoms in total. The van der Waals surface area contributed by atoms with Crippen molar-refractivity contribution in [2.75, 3.05) is 0 Å². The summed E-state index contributed by atoms with van der Waals surface area (Å²) in [6, 6.07) is 0. The first kappa shape index (κ1) is 1450000. The maximum Gasteiger partial charge on any atom is 5.00 e. The van der Waals surface area contributed by atoms with E-state index in [0.29, 0.717) is 0 Å². The first-order valence-electron chi connectivity index (χ1n) is 0. The van der Waals surface area contributed by atoms with Crippen molar-refractivity contribution >= 4 is 0 Å². The smallest absolute Gasteiger partial charge is 0.412 e. The third-order valence-electron chi connectivity index (χ3n) is 0. The van der Waals surface area contributed by atoms with Crippen LogP contribution in [-0.4, -0.2) is 93.1 Å². The molecule has 0 saturated heterocycles. The van der Waals surface area contributed by atoms with Crippen molar-refractivity contribution in [2.24, 2.45) is 0 Å². The minimum atomic E-state index is 0. The molecule has 0 aliphatic heterocycles. The molecule has 18 heteroatoms. The predicted molar refractivity (Wildman–Crippen MR) is 61.4 cm³/mol. The molecule has 0 aliphatic carbocycles. The molecule has 0 atom stereocenters. The van der Waals surface area contributed by atoms with Gasteiger partial charge in [0, 0.05) is 0 Å². The van der Waals surface area contributed by atoms with Gasteiger partial charge in [-0.2, -0.15) is 0 Å². The molecule has 18 heavy (non-hydrogen) atoms. The van der Waals surface area contributed by atoms with E-state index in [1.165, 1.54) is 0 Å². The summed E-state index contributed by atoms with van der Waals surface area (Å²) in [5, 5.41) is 0. The van der Waals surface area contributed by atoms with E-state index in [-0.39, 0.29) is 115 Å². The topological polar surface area (TPSA) is 536 Å². The molecule has 0 aliphatic rings. The van der Waals surface area contributed by atoms with E-state index in [1.807, 2.05) is 0 Å². The summed E-state index contributed by atoms with van der Waals surface area (Å²) in [6.45, 7) is 0. The Labute approximate surface area is 116 Å². The molecule has 0 amide bonds. The Balaban J connectivity index is 0. The van der Waals surface area contributed by atoms with Crippen LogP contribution in [-0.2, 0) is 22.4 Å². The molecule has 0 aromatic carbocycles. The fraction of sp³-hybridized carbons (Fsp3) is 0. The zero-order chi connectivity index (χ0) is 0. The first-order valence-corrected chi connectivity index (χ1v) is 0. The summed E-state index contributed by atoms with van der Waals surface area (Å²) >= 11 is 0. The molecule has 0 aromatic rings. The van der Waals surface area contributed by atoms with Crippen LogP contribution in [0.1, 0.15) is 0 Å². The Morgan fingerprint density at radius 2 is 0.111 bits per heavy atom. The average molecular weight is 399 g/mol. The van der Waals surface area contributed by atoms with Crippen LogP contribution >= 0.6 is 0 Å².